The van der Waals surface area contributed by atoms with Crippen LogP contribution in [0.2, 0.25) is 0 Å². The molecule has 5 nitrogen and oxygen atoms in total. The van der Waals surface area contributed by atoms with Gasteiger partial charge in [0.25, 0.3) is 0 Å². The van der Waals surface area contributed by atoms with Crippen LogP contribution in [0.25, 0.3) is 0 Å². The van der Waals surface area contributed by atoms with Crippen LogP contribution in [0, 0.1) is 0 Å². The Morgan fingerprint density at radius 1 is 1.45 bits per heavy atom. The molecule has 0 saturated carbocycles. The smallest absolute Gasteiger partial charge is 0.318 e. The highest BCUT2D eigenvalue weighted by molar-refractivity contribution is 8.14. The fraction of sp³-hybridized carbons (Fsp3) is 0.400. The van der Waals surface area contributed by atoms with Crippen molar-refractivity contribution in [3.63, 3.8) is 0 Å². The third kappa shape index (κ3) is 6.85. The van der Waals surface area contributed by atoms with Gasteiger partial charge in [-0.1, -0.05) is 11.8 Å². The van der Waals surface area contributed by atoms with Crippen molar-refractivity contribution in [1.29, 1.82) is 0 Å². The number of nitrogens with one attached hydrogen (secondary N) is 1. The zero-order chi connectivity index (χ0) is 8.85. The molecule has 0 bridgehead atoms. The fourth-order valence-corrected chi connectivity index (χ4v) is 0.747. The Hall–Kier alpha value is -1.04. The van der Waals surface area contributed by atoms with E-state index < -0.39 is 11.9 Å². The lowest BCUT2D eigenvalue weighted by molar-refractivity contribution is -0.117. The van der Waals surface area contributed by atoms with Crippen molar-refractivity contribution in [2.24, 2.45) is 5.73 Å². The normalized spacial score (nSPS) is 8.82. The second kappa shape index (κ2) is 4.73. The summed E-state index contributed by atoms with van der Waals surface area (Å²) in [6.45, 7) is 1.34. The Balaban J connectivity index is 3.53. The van der Waals surface area contributed by atoms with Crippen molar-refractivity contribution in [2.75, 3.05) is 5.75 Å². The second-order valence-electron chi connectivity index (χ2n) is 1.69. The molecule has 0 rings (SSSR count). The summed E-state index contributed by atoms with van der Waals surface area (Å²) >= 11 is 0.823. The van der Waals surface area contributed by atoms with Gasteiger partial charge in [0, 0.05) is 6.92 Å². The predicted molar refractivity (Wildman–Crippen MR) is 40.9 cm³/mol. The molecule has 0 aromatic rings. The minimum Gasteiger partial charge on any atom is -0.351 e. The van der Waals surface area contributed by atoms with E-state index in [1.54, 1.807) is 0 Å². The molecule has 0 spiro atoms. The molecule has 3 N–H and O–H groups in total. The van der Waals surface area contributed by atoms with E-state index in [4.69, 9.17) is 0 Å². The van der Waals surface area contributed by atoms with Crippen LogP contribution < -0.4 is 11.1 Å². The molecule has 0 fully saturated rings. The van der Waals surface area contributed by atoms with Crippen molar-refractivity contribution in [1.82, 2.24) is 5.32 Å². The third-order valence-electron chi connectivity index (χ3n) is 0.669. The maximum Gasteiger partial charge on any atom is 0.318 e. The largest absolute Gasteiger partial charge is 0.351 e. The lowest BCUT2D eigenvalue weighted by atomic mass is 10.7. The van der Waals surface area contributed by atoms with Gasteiger partial charge >= 0.3 is 6.03 Å². The maximum absolute atomic E-state index is 10.6. The minimum atomic E-state index is -0.904. The van der Waals surface area contributed by atoms with Crippen LogP contribution in [-0.4, -0.2) is 22.8 Å². The van der Waals surface area contributed by atoms with E-state index in [2.05, 4.69) is 5.73 Å². The number of imide groups is 1. The molecule has 0 aromatic carbocycles. The van der Waals surface area contributed by atoms with Gasteiger partial charge in [-0.3, -0.25) is 14.9 Å². The minimum absolute atomic E-state index is 0.0712. The highest BCUT2D eigenvalue weighted by atomic mass is 32.2. The summed E-state index contributed by atoms with van der Waals surface area (Å²) in [7, 11) is 0. The van der Waals surface area contributed by atoms with Gasteiger partial charge in [0.05, 0.1) is 5.75 Å². The summed E-state index contributed by atoms with van der Waals surface area (Å²) in [5.74, 6) is -0.629. The molecule has 0 saturated heterocycles. The number of thioether (sulfide) groups is 1. The quantitative estimate of drug-likeness (QED) is 0.591. The SMILES string of the molecule is CC(=O)SCC(=O)NC(N)=O. The highest BCUT2D eigenvalue weighted by Crippen LogP contribution is 1.98. The first kappa shape index (κ1) is 9.96. The van der Waals surface area contributed by atoms with Crippen LogP contribution in [0.3, 0.4) is 0 Å². The van der Waals surface area contributed by atoms with Crippen molar-refractivity contribution < 1.29 is 14.4 Å². The molecule has 0 aliphatic carbocycles. The number of hydrogen-bond acceptors (Lipinski definition) is 4. The Labute approximate surface area is 67.7 Å². The highest BCUT2D eigenvalue weighted by Gasteiger charge is 2.04. The molecule has 0 atom stereocenters. The summed E-state index contributed by atoms with van der Waals surface area (Å²) in [4.78, 5) is 30.9. The summed E-state index contributed by atoms with van der Waals surface area (Å²) in [6, 6.07) is -0.904. The van der Waals surface area contributed by atoms with E-state index in [0.29, 0.717) is 0 Å². The summed E-state index contributed by atoms with van der Waals surface area (Å²) < 4.78 is 0. The predicted octanol–water partition coefficient (Wildman–Crippen LogP) is -0.539. The van der Waals surface area contributed by atoms with Crippen molar-refractivity contribution >= 4 is 28.8 Å². The molecule has 0 aromatic heterocycles. The fourth-order valence-electron chi connectivity index (χ4n) is 0.341. The molecular formula is C5H8N2O3S. The van der Waals surface area contributed by atoms with Gasteiger partial charge in [0.2, 0.25) is 5.91 Å². The molecular weight excluding hydrogens is 168 g/mol. The number of rotatable bonds is 2. The van der Waals surface area contributed by atoms with Crippen LogP contribution in [0.5, 0.6) is 0 Å². The Morgan fingerprint density at radius 3 is 2.36 bits per heavy atom. The number of nitrogens with two attached hydrogens (primary N) is 1. The molecule has 0 aliphatic heterocycles. The number of primary amides is 1. The van der Waals surface area contributed by atoms with E-state index in [1.807, 2.05) is 5.32 Å². The van der Waals surface area contributed by atoms with E-state index in [0.717, 1.165) is 11.8 Å². The van der Waals surface area contributed by atoms with E-state index in [-0.39, 0.29) is 10.9 Å². The zero-order valence-electron chi connectivity index (χ0n) is 5.92. The topological polar surface area (TPSA) is 89.3 Å². The first-order valence-electron chi connectivity index (χ1n) is 2.75. The van der Waals surface area contributed by atoms with Crippen molar-refractivity contribution in [3.8, 4) is 0 Å². The summed E-state index contributed by atoms with van der Waals surface area (Å²) in [5, 5.41) is 1.65. The number of hydrogen-bond donors (Lipinski definition) is 2. The standard InChI is InChI=1S/C5H8N2O3S/c1-3(8)11-2-4(9)7-5(6)10/h2H2,1H3,(H3,6,7,9,10). The lowest BCUT2D eigenvalue weighted by Gasteiger charge is -1.96. The third-order valence-corrected chi connectivity index (χ3v) is 1.48. The van der Waals surface area contributed by atoms with Gasteiger partial charge in [0.1, 0.15) is 0 Å². The maximum atomic E-state index is 10.6. The van der Waals surface area contributed by atoms with Gasteiger partial charge in [-0.15, -0.1) is 0 Å². The summed E-state index contributed by atoms with van der Waals surface area (Å²) in [6.07, 6.45) is 0. The van der Waals surface area contributed by atoms with Crippen LogP contribution >= 0.6 is 11.8 Å². The number of amides is 3. The Kier molecular flexibility index (Phi) is 4.28. The average Bonchev–Trinajstić information content (AvgIpc) is 1.82. The van der Waals surface area contributed by atoms with Crippen molar-refractivity contribution in [3.05, 3.63) is 0 Å². The number of carbonyl (C=O) groups is 3. The Bertz CT molecular complexity index is 192. The summed E-state index contributed by atoms with van der Waals surface area (Å²) in [5.41, 5.74) is 4.63. The van der Waals surface area contributed by atoms with Crippen LogP contribution in [0.1, 0.15) is 6.92 Å². The molecule has 0 radical (unpaired) electrons. The van der Waals surface area contributed by atoms with Crippen LogP contribution in [0.15, 0.2) is 0 Å². The van der Waals surface area contributed by atoms with Gasteiger partial charge in [-0.05, 0) is 0 Å². The Morgan fingerprint density at radius 2 is 2.00 bits per heavy atom. The number of urea groups is 1. The number of carbonyl (C=O) groups excluding carboxylic acids is 3. The second-order valence-corrected chi connectivity index (χ2v) is 2.84. The van der Waals surface area contributed by atoms with Gasteiger partial charge in [0.15, 0.2) is 5.12 Å². The molecule has 0 unspecified atom stereocenters. The van der Waals surface area contributed by atoms with E-state index >= 15 is 0 Å². The van der Waals surface area contributed by atoms with Crippen LogP contribution in [-0.2, 0) is 9.59 Å². The van der Waals surface area contributed by atoms with E-state index in [1.165, 1.54) is 6.92 Å². The molecule has 11 heavy (non-hydrogen) atoms. The molecule has 62 valence electrons. The first-order chi connectivity index (χ1) is 5.02. The lowest BCUT2D eigenvalue weighted by Crippen LogP contribution is -2.36. The van der Waals surface area contributed by atoms with Crippen LogP contribution in [0.4, 0.5) is 4.79 Å². The average molecular weight is 176 g/mol. The van der Waals surface area contributed by atoms with Gasteiger partial charge in [-0.2, -0.15) is 0 Å². The van der Waals surface area contributed by atoms with Gasteiger partial charge < -0.3 is 5.73 Å². The molecule has 0 aliphatic rings. The zero-order valence-corrected chi connectivity index (χ0v) is 6.73. The molecule has 0 heterocycles. The van der Waals surface area contributed by atoms with Crippen molar-refractivity contribution in [2.45, 2.75) is 6.92 Å². The van der Waals surface area contributed by atoms with E-state index in [9.17, 15) is 14.4 Å². The molecule has 6 heteroatoms. The molecule has 3 amide bonds. The first-order valence-corrected chi connectivity index (χ1v) is 3.73. The monoisotopic (exact) mass is 176 g/mol. The van der Waals surface area contributed by atoms with Gasteiger partial charge in [-0.25, -0.2) is 4.79 Å².